The highest BCUT2D eigenvalue weighted by Gasteiger charge is 2.55. The Bertz CT molecular complexity index is 1050. The largest absolute Gasteiger partial charge is 0.497 e. The molecule has 174 valence electrons. The predicted molar refractivity (Wildman–Crippen MR) is 121 cm³/mol. The lowest BCUT2D eigenvalue weighted by atomic mass is 9.75. The molecule has 0 unspecified atom stereocenters. The minimum atomic E-state index is -1.26. The molecule has 1 aliphatic heterocycles. The molecule has 0 spiro atoms. The Labute approximate surface area is 193 Å². The number of carbonyl (C=O) groups is 3. The number of carbonyl (C=O) groups excluding carboxylic acids is 3. The lowest BCUT2D eigenvalue weighted by molar-refractivity contribution is -0.144. The number of ether oxygens (including phenoxy) is 1. The predicted octanol–water partition coefficient (Wildman–Crippen LogP) is 3.82. The first kappa shape index (κ1) is 23.0. The highest BCUT2D eigenvalue weighted by molar-refractivity contribution is 6.11. The van der Waals surface area contributed by atoms with E-state index in [0.29, 0.717) is 11.3 Å². The maximum Gasteiger partial charge on any atom is 0.241 e. The molecule has 2 aromatic rings. The van der Waals surface area contributed by atoms with Crippen molar-refractivity contribution >= 4 is 17.7 Å². The van der Waals surface area contributed by atoms with Crippen molar-refractivity contribution in [2.45, 2.75) is 56.5 Å². The number of hydrogen-bond donors (Lipinski definition) is 0. The Morgan fingerprint density at radius 1 is 1.15 bits per heavy atom. The molecule has 0 radical (unpaired) electrons. The number of benzene rings is 2. The molecule has 0 aromatic heterocycles. The van der Waals surface area contributed by atoms with E-state index in [4.69, 9.17) is 4.74 Å². The van der Waals surface area contributed by atoms with Crippen LogP contribution in [-0.4, -0.2) is 47.7 Å². The summed E-state index contributed by atoms with van der Waals surface area (Å²) in [6.45, 7) is 0.280. The van der Waals surface area contributed by atoms with E-state index in [1.807, 2.05) is 0 Å². The fourth-order valence-electron chi connectivity index (χ4n) is 5.03. The van der Waals surface area contributed by atoms with Gasteiger partial charge in [0.05, 0.1) is 12.5 Å². The average Bonchev–Trinajstić information content (AvgIpc) is 3.42. The molecule has 2 aliphatic rings. The van der Waals surface area contributed by atoms with E-state index in [0.717, 1.165) is 31.2 Å². The first-order chi connectivity index (χ1) is 15.8. The monoisotopic (exact) mass is 452 g/mol. The summed E-state index contributed by atoms with van der Waals surface area (Å²) in [6.07, 6.45) is 3.45. The quantitative estimate of drug-likeness (QED) is 0.599. The van der Waals surface area contributed by atoms with Crippen molar-refractivity contribution in [3.63, 3.8) is 0 Å². The van der Waals surface area contributed by atoms with Crippen LogP contribution < -0.4 is 4.74 Å². The number of hydrogen-bond acceptors (Lipinski definition) is 4. The zero-order valence-electron chi connectivity index (χ0n) is 19.1. The lowest BCUT2D eigenvalue weighted by Gasteiger charge is -2.31. The fourth-order valence-corrected chi connectivity index (χ4v) is 5.03. The third kappa shape index (κ3) is 4.49. The van der Waals surface area contributed by atoms with Gasteiger partial charge in [-0.05, 0) is 48.2 Å². The van der Waals surface area contributed by atoms with Crippen LogP contribution in [0.1, 0.15) is 49.7 Å². The first-order valence-electron chi connectivity index (χ1n) is 11.3. The summed E-state index contributed by atoms with van der Waals surface area (Å²) in [7, 11) is 3.20. The van der Waals surface area contributed by atoms with E-state index in [1.54, 1.807) is 50.6 Å². The number of amides is 3. The molecule has 7 heteroatoms. The molecule has 2 aromatic carbocycles. The van der Waals surface area contributed by atoms with Crippen molar-refractivity contribution in [2.24, 2.45) is 0 Å². The molecule has 1 heterocycles. The molecular formula is C26H29FN2O4. The molecule has 0 bridgehead atoms. The Morgan fingerprint density at radius 2 is 1.85 bits per heavy atom. The van der Waals surface area contributed by atoms with Crippen LogP contribution >= 0.6 is 0 Å². The van der Waals surface area contributed by atoms with E-state index in [2.05, 4.69) is 0 Å². The van der Waals surface area contributed by atoms with Crippen molar-refractivity contribution in [1.29, 1.82) is 0 Å². The van der Waals surface area contributed by atoms with Crippen LogP contribution in [0, 0.1) is 5.82 Å². The number of likely N-dealkylation sites (tertiary alicyclic amines) is 1. The summed E-state index contributed by atoms with van der Waals surface area (Å²) < 4.78 is 18.6. The van der Waals surface area contributed by atoms with Gasteiger partial charge in [0.1, 0.15) is 11.6 Å². The number of nitrogens with zero attached hydrogens (tertiary/aromatic N) is 2. The van der Waals surface area contributed by atoms with Gasteiger partial charge >= 0.3 is 0 Å². The van der Waals surface area contributed by atoms with E-state index in [1.165, 1.54) is 21.9 Å². The topological polar surface area (TPSA) is 66.9 Å². The standard InChI is InChI=1S/C26H29FN2O4/c1-28(17-18-10-12-20(27)13-11-18)23(30)15-26(19-6-5-9-22(14-19)33-2)16-24(31)29(25(26)32)21-7-3-4-8-21/h5-6,9-14,21H,3-4,7-8,15-17H2,1-2H3/t26-/m1/s1. The summed E-state index contributed by atoms with van der Waals surface area (Å²) >= 11 is 0. The second-order valence-electron chi connectivity index (χ2n) is 9.05. The maximum atomic E-state index is 13.8. The van der Waals surface area contributed by atoms with Crippen LogP contribution in [0.15, 0.2) is 48.5 Å². The second kappa shape index (κ2) is 9.33. The molecular weight excluding hydrogens is 423 g/mol. The van der Waals surface area contributed by atoms with E-state index >= 15 is 0 Å². The summed E-state index contributed by atoms with van der Waals surface area (Å²) in [5.74, 6) is -0.540. The van der Waals surface area contributed by atoms with Crippen LogP contribution in [0.5, 0.6) is 5.75 Å². The van der Waals surface area contributed by atoms with Gasteiger partial charge in [-0.2, -0.15) is 0 Å². The number of rotatable bonds is 7. The normalized spacial score (nSPS) is 21.0. The minimum absolute atomic E-state index is 0.0361. The van der Waals surface area contributed by atoms with Crippen LogP contribution in [0.4, 0.5) is 4.39 Å². The van der Waals surface area contributed by atoms with Crippen LogP contribution in [0.2, 0.25) is 0 Å². The fraction of sp³-hybridized carbons (Fsp3) is 0.423. The van der Waals surface area contributed by atoms with Crippen molar-refractivity contribution in [2.75, 3.05) is 14.2 Å². The van der Waals surface area contributed by atoms with E-state index in [9.17, 15) is 18.8 Å². The van der Waals surface area contributed by atoms with Crippen LogP contribution in [0.25, 0.3) is 0 Å². The highest BCUT2D eigenvalue weighted by Crippen LogP contribution is 2.43. The molecule has 33 heavy (non-hydrogen) atoms. The Hall–Kier alpha value is -3.22. The van der Waals surface area contributed by atoms with Gasteiger partial charge in [0.15, 0.2) is 0 Å². The van der Waals surface area contributed by atoms with E-state index < -0.39 is 5.41 Å². The number of halogens is 1. The number of methoxy groups -OCH3 is 1. The molecule has 3 amide bonds. The Kier molecular flexibility index (Phi) is 6.49. The molecule has 0 N–H and O–H groups in total. The smallest absolute Gasteiger partial charge is 0.241 e. The van der Waals surface area contributed by atoms with Crippen molar-refractivity contribution in [3.8, 4) is 5.75 Å². The second-order valence-corrected chi connectivity index (χ2v) is 9.05. The molecule has 6 nitrogen and oxygen atoms in total. The zero-order chi connectivity index (χ0) is 23.6. The Balaban J connectivity index is 1.64. The van der Waals surface area contributed by atoms with Crippen LogP contribution in [-0.2, 0) is 26.3 Å². The average molecular weight is 453 g/mol. The third-order valence-corrected chi connectivity index (χ3v) is 6.87. The molecule has 1 saturated heterocycles. The van der Waals surface area contributed by atoms with Gasteiger partial charge in [0, 0.05) is 32.5 Å². The van der Waals surface area contributed by atoms with Gasteiger partial charge in [-0.3, -0.25) is 19.3 Å². The molecule has 2 fully saturated rings. The molecule has 1 saturated carbocycles. The van der Waals surface area contributed by atoms with Crippen molar-refractivity contribution in [3.05, 3.63) is 65.5 Å². The summed E-state index contributed by atoms with van der Waals surface area (Å²) in [5.41, 5.74) is 0.135. The summed E-state index contributed by atoms with van der Waals surface area (Å²) in [4.78, 5) is 43.2. The molecule has 4 rings (SSSR count). The van der Waals surface area contributed by atoms with Gasteiger partial charge in [0.25, 0.3) is 0 Å². The molecule has 1 aliphatic carbocycles. The summed E-state index contributed by atoms with van der Waals surface area (Å²) in [6, 6.07) is 13.0. The minimum Gasteiger partial charge on any atom is -0.497 e. The SMILES string of the molecule is COc1cccc([C@@]2(CC(=O)N(C)Cc3ccc(F)cc3)CC(=O)N(C3CCCC3)C2=O)c1. The van der Waals surface area contributed by atoms with Gasteiger partial charge in [0.2, 0.25) is 17.7 Å². The van der Waals surface area contributed by atoms with Gasteiger partial charge in [-0.15, -0.1) is 0 Å². The van der Waals surface area contributed by atoms with E-state index in [-0.39, 0.29) is 49.0 Å². The first-order valence-corrected chi connectivity index (χ1v) is 11.3. The summed E-state index contributed by atoms with van der Waals surface area (Å²) in [5, 5.41) is 0. The Morgan fingerprint density at radius 3 is 2.52 bits per heavy atom. The van der Waals surface area contributed by atoms with Gasteiger partial charge in [-0.25, -0.2) is 4.39 Å². The molecule has 1 atom stereocenters. The van der Waals surface area contributed by atoms with Gasteiger partial charge in [-0.1, -0.05) is 37.1 Å². The third-order valence-electron chi connectivity index (χ3n) is 6.87. The van der Waals surface area contributed by atoms with Crippen molar-refractivity contribution in [1.82, 2.24) is 9.80 Å². The van der Waals surface area contributed by atoms with Gasteiger partial charge < -0.3 is 9.64 Å². The lowest BCUT2D eigenvalue weighted by Crippen LogP contribution is -2.45. The number of imide groups is 1. The van der Waals surface area contributed by atoms with Crippen molar-refractivity contribution < 1.29 is 23.5 Å². The highest BCUT2D eigenvalue weighted by atomic mass is 19.1. The zero-order valence-corrected chi connectivity index (χ0v) is 19.1. The maximum absolute atomic E-state index is 13.8. The van der Waals surface area contributed by atoms with Crippen LogP contribution in [0.3, 0.4) is 0 Å².